The molecule has 0 saturated carbocycles. The SMILES string of the molecule is COc1ccc(/C=N/NC(=O)c2ccc(C(C)C)cc2)cc1. The summed E-state index contributed by atoms with van der Waals surface area (Å²) < 4.78 is 5.08. The summed E-state index contributed by atoms with van der Waals surface area (Å²) in [6, 6.07) is 15.0. The largest absolute Gasteiger partial charge is 0.497 e. The normalized spacial score (nSPS) is 10.9. The number of carbonyl (C=O) groups excluding carboxylic acids is 1. The van der Waals surface area contributed by atoms with Crippen LogP contribution in [0.5, 0.6) is 5.75 Å². The van der Waals surface area contributed by atoms with Crippen LogP contribution in [0.25, 0.3) is 0 Å². The zero-order chi connectivity index (χ0) is 15.9. The highest BCUT2D eigenvalue weighted by Gasteiger charge is 2.05. The Morgan fingerprint density at radius 2 is 1.73 bits per heavy atom. The molecule has 0 fully saturated rings. The van der Waals surface area contributed by atoms with E-state index >= 15 is 0 Å². The standard InChI is InChI=1S/C18H20N2O2/c1-13(2)15-6-8-16(9-7-15)18(21)20-19-12-14-4-10-17(22-3)11-5-14/h4-13H,1-3H3,(H,20,21)/b19-12+. The second-order valence-corrected chi connectivity index (χ2v) is 5.25. The molecule has 0 aliphatic heterocycles. The van der Waals surface area contributed by atoms with Crippen molar-refractivity contribution in [1.82, 2.24) is 5.43 Å². The quantitative estimate of drug-likeness (QED) is 0.677. The van der Waals surface area contributed by atoms with Gasteiger partial charge in [-0.05, 0) is 53.4 Å². The van der Waals surface area contributed by atoms with Gasteiger partial charge < -0.3 is 4.74 Å². The first kappa shape index (κ1) is 15.8. The number of hydrazone groups is 1. The molecular weight excluding hydrogens is 276 g/mol. The van der Waals surface area contributed by atoms with Crippen LogP contribution >= 0.6 is 0 Å². The van der Waals surface area contributed by atoms with Crippen molar-refractivity contribution in [3.8, 4) is 5.75 Å². The van der Waals surface area contributed by atoms with Crippen LogP contribution in [-0.2, 0) is 0 Å². The van der Waals surface area contributed by atoms with E-state index < -0.39 is 0 Å². The van der Waals surface area contributed by atoms with E-state index in [0.29, 0.717) is 11.5 Å². The number of nitrogens with one attached hydrogen (secondary N) is 1. The number of amides is 1. The van der Waals surface area contributed by atoms with Crippen molar-refractivity contribution >= 4 is 12.1 Å². The van der Waals surface area contributed by atoms with Crippen molar-refractivity contribution < 1.29 is 9.53 Å². The summed E-state index contributed by atoms with van der Waals surface area (Å²) >= 11 is 0. The highest BCUT2D eigenvalue weighted by atomic mass is 16.5. The molecule has 0 aliphatic rings. The van der Waals surface area contributed by atoms with Crippen LogP contribution in [-0.4, -0.2) is 19.2 Å². The van der Waals surface area contributed by atoms with Crippen LogP contribution in [0.1, 0.15) is 41.3 Å². The van der Waals surface area contributed by atoms with Gasteiger partial charge in [0.05, 0.1) is 13.3 Å². The summed E-state index contributed by atoms with van der Waals surface area (Å²) in [5.41, 5.74) is 5.21. The van der Waals surface area contributed by atoms with E-state index in [4.69, 9.17) is 4.74 Å². The maximum atomic E-state index is 12.0. The second kappa shape index (κ2) is 7.41. The van der Waals surface area contributed by atoms with E-state index in [1.165, 1.54) is 5.56 Å². The molecule has 0 aromatic heterocycles. The fourth-order valence-corrected chi connectivity index (χ4v) is 1.94. The Morgan fingerprint density at radius 3 is 2.27 bits per heavy atom. The van der Waals surface area contributed by atoms with Gasteiger partial charge >= 0.3 is 0 Å². The molecule has 0 spiro atoms. The van der Waals surface area contributed by atoms with Crippen molar-refractivity contribution in [3.05, 3.63) is 65.2 Å². The van der Waals surface area contributed by atoms with Crippen molar-refractivity contribution in [2.45, 2.75) is 19.8 Å². The first-order valence-corrected chi connectivity index (χ1v) is 7.17. The Hall–Kier alpha value is -2.62. The third-order valence-electron chi connectivity index (χ3n) is 3.34. The third-order valence-corrected chi connectivity index (χ3v) is 3.34. The number of benzene rings is 2. The summed E-state index contributed by atoms with van der Waals surface area (Å²) in [4.78, 5) is 12.0. The molecular formula is C18H20N2O2. The number of ether oxygens (including phenoxy) is 1. The average molecular weight is 296 g/mol. The minimum Gasteiger partial charge on any atom is -0.497 e. The zero-order valence-corrected chi connectivity index (χ0v) is 13.0. The van der Waals surface area contributed by atoms with Crippen molar-refractivity contribution in [3.63, 3.8) is 0 Å². The predicted molar refractivity (Wildman–Crippen MR) is 88.6 cm³/mol. The Bertz CT molecular complexity index is 644. The molecule has 2 aromatic carbocycles. The Labute approximate surface area is 130 Å². The molecule has 0 bridgehead atoms. The molecule has 0 atom stereocenters. The van der Waals surface area contributed by atoms with Gasteiger partial charge in [0.1, 0.15) is 5.75 Å². The number of carbonyl (C=O) groups is 1. The van der Waals surface area contributed by atoms with Gasteiger partial charge in [-0.1, -0.05) is 26.0 Å². The van der Waals surface area contributed by atoms with Crippen LogP contribution < -0.4 is 10.2 Å². The molecule has 2 aromatic rings. The predicted octanol–water partition coefficient (Wildman–Crippen LogP) is 3.58. The van der Waals surface area contributed by atoms with Crippen molar-refractivity contribution in [1.29, 1.82) is 0 Å². The number of nitrogens with zero attached hydrogens (tertiary/aromatic N) is 1. The number of rotatable bonds is 5. The lowest BCUT2D eigenvalue weighted by Gasteiger charge is -2.06. The van der Waals surface area contributed by atoms with Crippen molar-refractivity contribution in [2.24, 2.45) is 5.10 Å². The van der Waals surface area contributed by atoms with E-state index in [-0.39, 0.29) is 5.91 Å². The summed E-state index contributed by atoms with van der Waals surface area (Å²) in [6.45, 7) is 4.24. The molecule has 0 radical (unpaired) electrons. The van der Waals surface area contributed by atoms with Crippen LogP contribution in [0.4, 0.5) is 0 Å². The Morgan fingerprint density at radius 1 is 1.09 bits per heavy atom. The summed E-state index contributed by atoms with van der Waals surface area (Å²) in [6.07, 6.45) is 1.60. The smallest absolute Gasteiger partial charge is 0.271 e. The van der Waals surface area contributed by atoms with E-state index in [2.05, 4.69) is 24.4 Å². The molecule has 0 heterocycles. The van der Waals surface area contributed by atoms with Gasteiger partial charge in [-0.3, -0.25) is 4.79 Å². The van der Waals surface area contributed by atoms with Gasteiger partial charge in [-0.15, -0.1) is 0 Å². The van der Waals surface area contributed by atoms with Crippen LogP contribution in [0.2, 0.25) is 0 Å². The summed E-state index contributed by atoms with van der Waals surface area (Å²) in [7, 11) is 1.62. The molecule has 1 amide bonds. The van der Waals surface area contributed by atoms with Crippen molar-refractivity contribution in [2.75, 3.05) is 7.11 Å². The number of methoxy groups -OCH3 is 1. The zero-order valence-electron chi connectivity index (χ0n) is 13.0. The van der Waals surface area contributed by atoms with Crippen LogP contribution in [0.3, 0.4) is 0 Å². The van der Waals surface area contributed by atoms with Gasteiger partial charge in [-0.25, -0.2) is 5.43 Å². The van der Waals surface area contributed by atoms with Gasteiger partial charge in [0.25, 0.3) is 5.91 Å². The fraction of sp³-hybridized carbons (Fsp3) is 0.222. The lowest BCUT2D eigenvalue weighted by molar-refractivity contribution is 0.0955. The Kier molecular flexibility index (Phi) is 5.31. The average Bonchev–Trinajstić information content (AvgIpc) is 2.55. The molecule has 0 saturated heterocycles. The molecule has 0 unspecified atom stereocenters. The van der Waals surface area contributed by atoms with E-state index in [9.17, 15) is 4.79 Å². The fourth-order valence-electron chi connectivity index (χ4n) is 1.94. The number of hydrogen-bond donors (Lipinski definition) is 1. The first-order chi connectivity index (χ1) is 10.6. The lowest BCUT2D eigenvalue weighted by Crippen LogP contribution is -2.17. The molecule has 0 aliphatic carbocycles. The lowest BCUT2D eigenvalue weighted by atomic mass is 10.0. The van der Waals surface area contributed by atoms with Gasteiger partial charge in [0.2, 0.25) is 0 Å². The molecule has 1 N–H and O–H groups in total. The highest BCUT2D eigenvalue weighted by Crippen LogP contribution is 2.14. The van der Waals surface area contributed by atoms with E-state index in [1.54, 1.807) is 13.3 Å². The number of hydrogen-bond acceptors (Lipinski definition) is 3. The first-order valence-electron chi connectivity index (χ1n) is 7.17. The molecule has 2 rings (SSSR count). The minimum absolute atomic E-state index is 0.222. The monoisotopic (exact) mass is 296 g/mol. The van der Waals surface area contributed by atoms with E-state index in [0.717, 1.165) is 11.3 Å². The molecule has 4 heteroatoms. The van der Waals surface area contributed by atoms with Gasteiger partial charge in [-0.2, -0.15) is 5.10 Å². The maximum Gasteiger partial charge on any atom is 0.271 e. The summed E-state index contributed by atoms with van der Waals surface area (Å²) in [5, 5.41) is 3.97. The molecule has 114 valence electrons. The molecule has 22 heavy (non-hydrogen) atoms. The molecule has 4 nitrogen and oxygen atoms in total. The maximum absolute atomic E-state index is 12.0. The summed E-state index contributed by atoms with van der Waals surface area (Å²) in [5.74, 6) is 1.01. The second-order valence-electron chi connectivity index (χ2n) is 5.25. The van der Waals surface area contributed by atoms with Gasteiger partial charge in [0.15, 0.2) is 0 Å². The minimum atomic E-state index is -0.222. The Balaban J connectivity index is 1.95. The van der Waals surface area contributed by atoms with E-state index in [1.807, 2.05) is 48.5 Å². The van der Waals surface area contributed by atoms with Crippen LogP contribution in [0.15, 0.2) is 53.6 Å². The topological polar surface area (TPSA) is 50.7 Å². The third kappa shape index (κ3) is 4.19. The van der Waals surface area contributed by atoms with Crippen LogP contribution in [0, 0.1) is 0 Å². The van der Waals surface area contributed by atoms with Gasteiger partial charge in [0, 0.05) is 5.56 Å². The highest BCUT2D eigenvalue weighted by molar-refractivity contribution is 5.94.